The number of hydrogen-bond acceptors (Lipinski definition) is 3. The molecule has 0 radical (unpaired) electrons. The largest absolute Gasteiger partial charge is 0.493 e. The van der Waals surface area contributed by atoms with Gasteiger partial charge in [0.05, 0.1) is 18.7 Å². The van der Waals surface area contributed by atoms with Crippen molar-refractivity contribution in [3.63, 3.8) is 0 Å². The van der Waals surface area contributed by atoms with Gasteiger partial charge < -0.3 is 14.4 Å². The summed E-state index contributed by atoms with van der Waals surface area (Å²) in [6.07, 6.45) is 6.84. The van der Waals surface area contributed by atoms with Crippen molar-refractivity contribution in [2.75, 3.05) is 26.8 Å². The standard InChI is InChI=1S/C19H26ClNO3/c1-4-10-21(13-14-6-7-14)18(22)9-8-15-11-16(20)19(24-5-2)17(12-15)23-3/h8-9,11-12,14H,4-7,10,13H2,1-3H3/b9-8+. The fourth-order valence-corrected chi connectivity index (χ4v) is 2.84. The van der Waals surface area contributed by atoms with Crippen LogP contribution in [0.4, 0.5) is 0 Å². The molecule has 5 heteroatoms. The lowest BCUT2D eigenvalue weighted by molar-refractivity contribution is -0.126. The Hall–Kier alpha value is -1.68. The Morgan fingerprint density at radius 2 is 2.12 bits per heavy atom. The fraction of sp³-hybridized carbons (Fsp3) is 0.526. The Morgan fingerprint density at radius 3 is 2.71 bits per heavy atom. The van der Waals surface area contributed by atoms with Crippen molar-refractivity contribution in [1.29, 1.82) is 0 Å². The molecule has 0 unspecified atom stereocenters. The molecule has 0 saturated heterocycles. The van der Waals surface area contributed by atoms with Crippen LogP contribution in [0.5, 0.6) is 11.5 Å². The van der Waals surface area contributed by atoms with E-state index in [9.17, 15) is 4.79 Å². The predicted octanol–water partition coefficient (Wildman–Crippen LogP) is 4.41. The van der Waals surface area contributed by atoms with Crippen LogP contribution >= 0.6 is 11.6 Å². The highest BCUT2D eigenvalue weighted by atomic mass is 35.5. The third-order valence-electron chi connectivity index (χ3n) is 3.94. The van der Waals surface area contributed by atoms with Crippen molar-refractivity contribution in [2.45, 2.75) is 33.1 Å². The number of halogens is 1. The van der Waals surface area contributed by atoms with Crippen molar-refractivity contribution in [1.82, 2.24) is 4.90 Å². The number of carbonyl (C=O) groups excluding carboxylic acids is 1. The molecule has 1 saturated carbocycles. The molecular weight excluding hydrogens is 326 g/mol. The second kappa shape index (κ2) is 8.97. The summed E-state index contributed by atoms with van der Waals surface area (Å²) in [5, 5.41) is 0.478. The molecule has 1 aliphatic carbocycles. The van der Waals surface area contributed by atoms with Crippen molar-refractivity contribution >= 4 is 23.6 Å². The summed E-state index contributed by atoms with van der Waals surface area (Å²) >= 11 is 6.26. The first-order chi connectivity index (χ1) is 11.6. The van der Waals surface area contributed by atoms with Gasteiger partial charge in [-0.15, -0.1) is 0 Å². The molecule has 1 aromatic rings. The number of rotatable bonds is 9. The monoisotopic (exact) mass is 351 g/mol. The van der Waals surface area contributed by atoms with Gasteiger partial charge in [-0.25, -0.2) is 0 Å². The van der Waals surface area contributed by atoms with Gasteiger partial charge in [0, 0.05) is 19.2 Å². The Bertz CT molecular complexity index is 597. The molecule has 2 rings (SSSR count). The van der Waals surface area contributed by atoms with E-state index in [1.807, 2.05) is 17.9 Å². The summed E-state index contributed by atoms with van der Waals surface area (Å²) in [5.74, 6) is 1.84. The number of hydrogen-bond donors (Lipinski definition) is 0. The van der Waals surface area contributed by atoms with Crippen LogP contribution in [-0.2, 0) is 4.79 Å². The summed E-state index contributed by atoms with van der Waals surface area (Å²) in [4.78, 5) is 14.4. The van der Waals surface area contributed by atoms with Crippen LogP contribution in [0.1, 0.15) is 38.7 Å². The maximum atomic E-state index is 12.4. The lowest BCUT2D eigenvalue weighted by Gasteiger charge is -2.20. The highest BCUT2D eigenvalue weighted by Gasteiger charge is 2.25. The average Bonchev–Trinajstić information content (AvgIpc) is 3.38. The van der Waals surface area contributed by atoms with Gasteiger partial charge in [0.25, 0.3) is 0 Å². The molecule has 1 amide bonds. The molecule has 0 N–H and O–H groups in total. The molecule has 4 nitrogen and oxygen atoms in total. The quantitative estimate of drug-likeness (QED) is 0.618. The summed E-state index contributed by atoms with van der Waals surface area (Å²) < 4.78 is 10.8. The SMILES string of the molecule is CCCN(CC1CC1)C(=O)/C=C/c1cc(Cl)c(OCC)c(OC)c1. The number of ether oxygens (including phenoxy) is 2. The van der Waals surface area contributed by atoms with Crippen molar-refractivity contribution in [3.8, 4) is 11.5 Å². The summed E-state index contributed by atoms with van der Waals surface area (Å²) in [5.41, 5.74) is 0.816. The van der Waals surface area contributed by atoms with Crippen molar-refractivity contribution < 1.29 is 14.3 Å². The van der Waals surface area contributed by atoms with Gasteiger partial charge in [-0.05, 0) is 55.9 Å². The zero-order valence-corrected chi connectivity index (χ0v) is 15.4. The first-order valence-electron chi connectivity index (χ1n) is 8.56. The van der Waals surface area contributed by atoms with Gasteiger partial charge >= 0.3 is 0 Å². The highest BCUT2D eigenvalue weighted by molar-refractivity contribution is 6.32. The average molecular weight is 352 g/mol. The zero-order valence-electron chi connectivity index (χ0n) is 14.7. The molecule has 1 fully saturated rings. The Kier molecular flexibility index (Phi) is 6.98. The molecule has 0 aliphatic heterocycles. The Balaban J connectivity index is 2.11. The fourth-order valence-electron chi connectivity index (χ4n) is 2.57. The summed E-state index contributed by atoms with van der Waals surface area (Å²) in [6, 6.07) is 3.61. The minimum atomic E-state index is 0.0488. The van der Waals surface area contributed by atoms with Crippen molar-refractivity contribution in [2.24, 2.45) is 5.92 Å². The van der Waals surface area contributed by atoms with Gasteiger partial charge in [0.1, 0.15) is 0 Å². The van der Waals surface area contributed by atoms with E-state index in [2.05, 4.69) is 6.92 Å². The Labute approximate surface area is 149 Å². The summed E-state index contributed by atoms with van der Waals surface area (Å²) in [7, 11) is 1.57. The minimum Gasteiger partial charge on any atom is -0.493 e. The number of carbonyl (C=O) groups is 1. The van der Waals surface area contributed by atoms with E-state index in [0.29, 0.717) is 29.0 Å². The lowest BCUT2D eigenvalue weighted by atomic mass is 10.1. The second-order valence-electron chi connectivity index (χ2n) is 6.03. The van der Waals surface area contributed by atoms with E-state index >= 15 is 0 Å². The van der Waals surface area contributed by atoms with Crippen LogP contribution in [0, 0.1) is 5.92 Å². The molecule has 24 heavy (non-hydrogen) atoms. The maximum absolute atomic E-state index is 12.4. The smallest absolute Gasteiger partial charge is 0.246 e. The van der Waals surface area contributed by atoms with E-state index in [-0.39, 0.29) is 5.91 Å². The van der Waals surface area contributed by atoms with Crippen LogP contribution in [0.25, 0.3) is 6.08 Å². The molecular formula is C19H26ClNO3. The third kappa shape index (κ3) is 5.17. The third-order valence-corrected chi connectivity index (χ3v) is 4.22. The minimum absolute atomic E-state index is 0.0488. The molecule has 1 aromatic carbocycles. The van der Waals surface area contributed by atoms with E-state index in [1.165, 1.54) is 12.8 Å². The normalized spacial score (nSPS) is 14.0. The zero-order chi connectivity index (χ0) is 17.5. The van der Waals surface area contributed by atoms with Gasteiger partial charge in [0.2, 0.25) is 5.91 Å². The van der Waals surface area contributed by atoms with Gasteiger partial charge in [-0.3, -0.25) is 4.79 Å². The number of amides is 1. The van der Waals surface area contributed by atoms with Gasteiger partial charge in [-0.2, -0.15) is 0 Å². The molecule has 0 bridgehead atoms. The van der Waals surface area contributed by atoms with E-state index in [1.54, 1.807) is 25.3 Å². The molecule has 1 aliphatic rings. The van der Waals surface area contributed by atoms with Crippen molar-refractivity contribution in [3.05, 3.63) is 28.8 Å². The molecule has 132 valence electrons. The maximum Gasteiger partial charge on any atom is 0.246 e. The first-order valence-corrected chi connectivity index (χ1v) is 8.94. The second-order valence-corrected chi connectivity index (χ2v) is 6.44. The van der Waals surface area contributed by atoms with E-state index < -0.39 is 0 Å². The topological polar surface area (TPSA) is 38.8 Å². The van der Waals surface area contributed by atoms with E-state index in [0.717, 1.165) is 25.1 Å². The van der Waals surface area contributed by atoms with Crippen LogP contribution in [0.2, 0.25) is 5.02 Å². The lowest BCUT2D eigenvalue weighted by Crippen LogP contribution is -2.32. The summed E-state index contributed by atoms with van der Waals surface area (Å²) in [6.45, 7) is 6.16. The number of benzene rings is 1. The number of nitrogens with zero attached hydrogens (tertiary/aromatic N) is 1. The Morgan fingerprint density at radius 1 is 1.38 bits per heavy atom. The van der Waals surface area contributed by atoms with Crippen LogP contribution < -0.4 is 9.47 Å². The predicted molar refractivity (Wildman–Crippen MR) is 97.8 cm³/mol. The van der Waals surface area contributed by atoms with Gasteiger partial charge in [-0.1, -0.05) is 18.5 Å². The molecule has 0 spiro atoms. The van der Waals surface area contributed by atoms with Gasteiger partial charge in [0.15, 0.2) is 11.5 Å². The number of methoxy groups -OCH3 is 1. The molecule has 0 heterocycles. The van der Waals surface area contributed by atoms with E-state index in [4.69, 9.17) is 21.1 Å². The molecule has 0 aromatic heterocycles. The first kappa shape index (κ1) is 18.7. The van der Waals surface area contributed by atoms with Crippen LogP contribution in [0.3, 0.4) is 0 Å². The van der Waals surface area contributed by atoms with Crippen LogP contribution in [-0.4, -0.2) is 37.6 Å². The molecule has 0 atom stereocenters. The highest BCUT2D eigenvalue weighted by Crippen LogP contribution is 2.36. The van der Waals surface area contributed by atoms with Crippen LogP contribution in [0.15, 0.2) is 18.2 Å².